The molecule has 0 saturated heterocycles. The van der Waals surface area contributed by atoms with Crippen LogP contribution < -0.4 is 4.74 Å². The number of aromatic nitrogens is 2. The SMILES string of the molecule is CCOc1ccc2c(n1)CCN(C(=O)c1ccc(C)nc1)C2. The van der Waals surface area contributed by atoms with Crippen molar-refractivity contribution in [1.82, 2.24) is 14.9 Å². The van der Waals surface area contributed by atoms with Crippen molar-refractivity contribution in [3.05, 3.63) is 53.0 Å². The molecule has 3 heterocycles. The third-order valence-electron chi connectivity index (χ3n) is 3.76. The molecular formula is C17H19N3O2. The molecular weight excluding hydrogens is 278 g/mol. The Kier molecular flexibility index (Phi) is 4.04. The number of hydrogen-bond donors (Lipinski definition) is 0. The summed E-state index contributed by atoms with van der Waals surface area (Å²) in [6, 6.07) is 7.56. The third-order valence-corrected chi connectivity index (χ3v) is 3.76. The summed E-state index contributed by atoms with van der Waals surface area (Å²) in [5, 5.41) is 0. The molecule has 2 aromatic rings. The lowest BCUT2D eigenvalue weighted by molar-refractivity contribution is 0.0733. The van der Waals surface area contributed by atoms with E-state index in [1.54, 1.807) is 6.20 Å². The number of carbonyl (C=O) groups excluding carboxylic acids is 1. The molecule has 0 radical (unpaired) electrons. The van der Waals surface area contributed by atoms with E-state index in [-0.39, 0.29) is 5.91 Å². The van der Waals surface area contributed by atoms with E-state index in [0.29, 0.717) is 31.1 Å². The molecule has 0 atom stereocenters. The predicted octanol–water partition coefficient (Wildman–Crippen LogP) is 2.38. The van der Waals surface area contributed by atoms with Crippen molar-refractivity contribution in [1.29, 1.82) is 0 Å². The summed E-state index contributed by atoms with van der Waals surface area (Å²) in [7, 11) is 0. The number of hydrogen-bond acceptors (Lipinski definition) is 4. The lowest BCUT2D eigenvalue weighted by atomic mass is 10.0. The molecule has 1 aliphatic heterocycles. The Hall–Kier alpha value is -2.43. The Morgan fingerprint density at radius 2 is 2.18 bits per heavy atom. The standard InChI is InChI=1S/C17H19N3O2/c1-3-22-16-7-6-14-11-20(9-8-15(14)19-16)17(21)13-5-4-12(2)18-10-13/h4-7,10H,3,8-9,11H2,1-2H3. The van der Waals surface area contributed by atoms with Crippen LogP contribution in [-0.4, -0.2) is 33.9 Å². The van der Waals surface area contributed by atoms with E-state index in [1.165, 1.54) is 0 Å². The van der Waals surface area contributed by atoms with Gasteiger partial charge < -0.3 is 9.64 Å². The number of ether oxygens (including phenoxy) is 1. The number of nitrogens with zero attached hydrogens (tertiary/aromatic N) is 3. The molecule has 1 amide bonds. The van der Waals surface area contributed by atoms with Crippen LogP contribution in [-0.2, 0) is 13.0 Å². The molecule has 0 N–H and O–H groups in total. The molecule has 5 heteroatoms. The van der Waals surface area contributed by atoms with Crippen molar-refractivity contribution in [2.75, 3.05) is 13.2 Å². The van der Waals surface area contributed by atoms with Crippen molar-refractivity contribution < 1.29 is 9.53 Å². The molecule has 0 bridgehead atoms. The van der Waals surface area contributed by atoms with E-state index in [0.717, 1.165) is 23.4 Å². The van der Waals surface area contributed by atoms with Crippen LogP contribution in [0.5, 0.6) is 5.88 Å². The zero-order valence-corrected chi connectivity index (χ0v) is 12.9. The van der Waals surface area contributed by atoms with Gasteiger partial charge in [0.15, 0.2) is 0 Å². The van der Waals surface area contributed by atoms with E-state index in [9.17, 15) is 4.79 Å². The zero-order valence-electron chi connectivity index (χ0n) is 12.9. The lowest BCUT2D eigenvalue weighted by Crippen LogP contribution is -2.36. The van der Waals surface area contributed by atoms with Gasteiger partial charge >= 0.3 is 0 Å². The molecule has 2 aromatic heterocycles. The zero-order chi connectivity index (χ0) is 15.5. The maximum Gasteiger partial charge on any atom is 0.255 e. The highest BCUT2D eigenvalue weighted by Gasteiger charge is 2.23. The molecule has 1 aliphatic rings. The predicted molar refractivity (Wildman–Crippen MR) is 82.8 cm³/mol. The number of carbonyl (C=O) groups is 1. The summed E-state index contributed by atoms with van der Waals surface area (Å²) in [6.07, 6.45) is 2.39. The first kappa shape index (κ1) is 14.5. The minimum atomic E-state index is 0.0204. The molecule has 114 valence electrons. The van der Waals surface area contributed by atoms with E-state index in [2.05, 4.69) is 9.97 Å². The van der Waals surface area contributed by atoms with Crippen LogP contribution in [0, 0.1) is 6.92 Å². The lowest BCUT2D eigenvalue weighted by Gasteiger charge is -2.28. The Morgan fingerprint density at radius 1 is 1.32 bits per heavy atom. The van der Waals surface area contributed by atoms with Gasteiger partial charge in [-0.25, -0.2) is 4.98 Å². The Morgan fingerprint density at radius 3 is 2.91 bits per heavy atom. The average Bonchev–Trinajstić information content (AvgIpc) is 2.55. The van der Waals surface area contributed by atoms with Crippen LogP contribution in [0.25, 0.3) is 0 Å². The number of amides is 1. The van der Waals surface area contributed by atoms with Gasteiger partial charge in [-0.1, -0.05) is 6.07 Å². The van der Waals surface area contributed by atoms with Gasteiger partial charge in [0.05, 0.1) is 17.9 Å². The second kappa shape index (κ2) is 6.13. The first-order valence-corrected chi connectivity index (χ1v) is 7.51. The van der Waals surface area contributed by atoms with E-state index in [4.69, 9.17) is 4.74 Å². The van der Waals surface area contributed by atoms with Crippen LogP contribution >= 0.6 is 0 Å². The van der Waals surface area contributed by atoms with Gasteiger partial charge in [-0.2, -0.15) is 0 Å². The minimum Gasteiger partial charge on any atom is -0.478 e. The van der Waals surface area contributed by atoms with Gasteiger partial charge in [-0.05, 0) is 31.5 Å². The number of fused-ring (bicyclic) bond motifs is 1. The first-order valence-electron chi connectivity index (χ1n) is 7.51. The fourth-order valence-corrected chi connectivity index (χ4v) is 2.57. The average molecular weight is 297 g/mol. The van der Waals surface area contributed by atoms with Crippen molar-refractivity contribution in [3.63, 3.8) is 0 Å². The molecule has 22 heavy (non-hydrogen) atoms. The topological polar surface area (TPSA) is 55.3 Å². The summed E-state index contributed by atoms with van der Waals surface area (Å²) in [5.74, 6) is 0.677. The smallest absolute Gasteiger partial charge is 0.255 e. The van der Waals surface area contributed by atoms with Crippen molar-refractivity contribution >= 4 is 5.91 Å². The molecule has 0 spiro atoms. The third kappa shape index (κ3) is 2.93. The van der Waals surface area contributed by atoms with Crippen LogP contribution in [0.1, 0.15) is 34.2 Å². The molecule has 3 rings (SSSR count). The van der Waals surface area contributed by atoms with Gasteiger partial charge in [0, 0.05) is 37.5 Å². The highest BCUT2D eigenvalue weighted by atomic mass is 16.5. The van der Waals surface area contributed by atoms with Crippen molar-refractivity contribution in [2.24, 2.45) is 0 Å². The van der Waals surface area contributed by atoms with E-state index < -0.39 is 0 Å². The fourth-order valence-electron chi connectivity index (χ4n) is 2.57. The second-order valence-corrected chi connectivity index (χ2v) is 5.35. The molecule has 0 aromatic carbocycles. The highest BCUT2D eigenvalue weighted by molar-refractivity contribution is 5.94. The van der Waals surface area contributed by atoms with Crippen LogP contribution in [0.2, 0.25) is 0 Å². The number of rotatable bonds is 3. The largest absolute Gasteiger partial charge is 0.478 e. The fraction of sp³-hybridized carbons (Fsp3) is 0.353. The van der Waals surface area contributed by atoms with Gasteiger partial charge in [-0.15, -0.1) is 0 Å². The van der Waals surface area contributed by atoms with Gasteiger partial charge in [0.25, 0.3) is 5.91 Å². The van der Waals surface area contributed by atoms with E-state index >= 15 is 0 Å². The monoisotopic (exact) mass is 297 g/mol. The number of pyridine rings is 2. The molecule has 0 aliphatic carbocycles. The Labute approximate surface area is 130 Å². The molecule has 0 unspecified atom stereocenters. The normalized spacial score (nSPS) is 13.6. The Balaban J connectivity index is 1.76. The maximum atomic E-state index is 12.5. The minimum absolute atomic E-state index is 0.0204. The summed E-state index contributed by atoms with van der Waals surface area (Å²) in [6.45, 7) is 5.71. The quantitative estimate of drug-likeness (QED) is 0.873. The van der Waals surface area contributed by atoms with Gasteiger partial charge in [-0.3, -0.25) is 9.78 Å². The van der Waals surface area contributed by atoms with Crippen LogP contribution in [0.4, 0.5) is 0 Å². The Bertz CT molecular complexity index is 683. The second-order valence-electron chi connectivity index (χ2n) is 5.35. The van der Waals surface area contributed by atoms with Crippen LogP contribution in [0.15, 0.2) is 30.5 Å². The summed E-state index contributed by atoms with van der Waals surface area (Å²) < 4.78 is 5.43. The highest BCUT2D eigenvalue weighted by Crippen LogP contribution is 2.21. The molecule has 5 nitrogen and oxygen atoms in total. The first-order chi connectivity index (χ1) is 10.7. The summed E-state index contributed by atoms with van der Waals surface area (Å²) >= 11 is 0. The summed E-state index contributed by atoms with van der Waals surface area (Å²) in [4.78, 5) is 23.1. The van der Waals surface area contributed by atoms with Crippen LogP contribution in [0.3, 0.4) is 0 Å². The van der Waals surface area contributed by atoms with Crippen molar-refractivity contribution in [3.8, 4) is 5.88 Å². The van der Waals surface area contributed by atoms with Crippen molar-refractivity contribution in [2.45, 2.75) is 26.8 Å². The van der Waals surface area contributed by atoms with Gasteiger partial charge in [0.2, 0.25) is 5.88 Å². The van der Waals surface area contributed by atoms with E-state index in [1.807, 2.05) is 43.0 Å². The molecule has 0 saturated carbocycles. The number of aryl methyl sites for hydroxylation is 1. The molecule has 0 fully saturated rings. The maximum absolute atomic E-state index is 12.5. The van der Waals surface area contributed by atoms with Gasteiger partial charge in [0.1, 0.15) is 0 Å². The summed E-state index contributed by atoms with van der Waals surface area (Å²) in [5.41, 5.74) is 3.65.